The highest BCUT2D eigenvalue weighted by Crippen LogP contribution is 2.30. The molecule has 1 aromatic rings. The average Bonchev–Trinajstić information content (AvgIpc) is 2.52. The number of methoxy groups -OCH3 is 1. The number of ether oxygens (including phenoxy) is 2. The number of rotatable bonds is 6. The van der Waals surface area contributed by atoms with Crippen molar-refractivity contribution in [1.82, 2.24) is 5.32 Å². The number of nitrogen functional groups attached to an aromatic ring is 1. The number of carboxylic acid groups (broad SMARTS) is 1. The van der Waals surface area contributed by atoms with Crippen LogP contribution in [0.5, 0.6) is 0 Å². The maximum absolute atomic E-state index is 14.1. The minimum atomic E-state index is -1.28. The number of carbonyl (C=O) groups is 3. The van der Waals surface area contributed by atoms with Crippen molar-refractivity contribution in [3.8, 4) is 0 Å². The number of alkyl carbamates (subject to hydrolysis) is 1. The van der Waals surface area contributed by atoms with Crippen LogP contribution in [0, 0.1) is 5.82 Å². The molecule has 10 heteroatoms. The lowest BCUT2D eigenvalue weighted by atomic mass is 10.2. The molecule has 0 heterocycles. The number of halogens is 1. The zero-order valence-corrected chi connectivity index (χ0v) is 15.6. The molecule has 0 aromatic heterocycles. The van der Waals surface area contributed by atoms with Gasteiger partial charge < -0.3 is 25.6 Å². The Balaban J connectivity index is 2.84. The zero-order chi connectivity index (χ0) is 20.1. The molecule has 0 bridgehead atoms. The van der Waals surface area contributed by atoms with Crippen molar-refractivity contribution in [1.29, 1.82) is 0 Å². The number of nitrogens with one attached hydrogen (secondary N) is 1. The monoisotopic (exact) mass is 388 g/mol. The van der Waals surface area contributed by atoms with Crippen LogP contribution in [0.2, 0.25) is 0 Å². The lowest BCUT2D eigenvalue weighted by Gasteiger charge is -2.22. The molecule has 4 N–H and O–H groups in total. The van der Waals surface area contributed by atoms with Gasteiger partial charge in [-0.15, -0.1) is 11.8 Å². The molecule has 1 atom stereocenters. The number of esters is 1. The Kier molecular flexibility index (Phi) is 7.25. The number of anilines is 1. The molecule has 0 spiro atoms. The molecule has 8 nitrogen and oxygen atoms in total. The van der Waals surface area contributed by atoms with Gasteiger partial charge in [-0.05, 0) is 32.9 Å². The molecule has 1 rings (SSSR count). The first kappa shape index (κ1) is 21.6. The SMILES string of the molecule is COC(=O)c1ccc(SC[C@H](NC(=O)OC(C)(C)C)C(=O)O)c(N)c1F. The largest absolute Gasteiger partial charge is 0.480 e. The summed E-state index contributed by atoms with van der Waals surface area (Å²) in [5, 5.41) is 11.4. The maximum Gasteiger partial charge on any atom is 0.408 e. The van der Waals surface area contributed by atoms with Crippen LogP contribution in [0.1, 0.15) is 31.1 Å². The van der Waals surface area contributed by atoms with Crippen LogP contribution < -0.4 is 11.1 Å². The van der Waals surface area contributed by atoms with Gasteiger partial charge in [-0.25, -0.2) is 18.8 Å². The second-order valence-corrected chi connectivity index (χ2v) is 7.24. The van der Waals surface area contributed by atoms with Crippen molar-refractivity contribution in [3.63, 3.8) is 0 Å². The second kappa shape index (κ2) is 8.75. The van der Waals surface area contributed by atoms with E-state index in [2.05, 4.69) is 10.1 Å². The summed E-state index contributed by atoms with van der Waals surface area (Å²) >= 11 is 0.917. The van der Waals surface area contributed by atoms with Gasteiger partial charge in [0, 0.05) is 10.6 Å². The summed E-state index contributed by atoms with van der Waals surface area (Å²) in [4.78, 5) is 34.7. The quantitative estimate of drug-likeness (QED) is 0.385. The van der Waals surface area contributed by atoms with Crippen molar-refractivity contribution >= 4 is 35.5 Å². The Labute approximate surface area is 154 Å². The first-order valence-corrected chi connectivity index (χ1v) is 8.46. The van der Waals surface area contributed by atoms with Gasteiger partial charge in [0.2, 0.25) is 0 Å². The second-order valence-electron chi connectivity index (χ2n) is 6.18. The van der Waals surface area contributed by atoms with E-state index in [1.807, 2.05) is 0 Å². The minimum absolute atomic E-state index is 0.129. The molecule has 26 heavy (non-hydrogen) atoms. The highest BCUT2D eigenvalue weighted by molar-refractivity contribution is 7.99. The summed E-state index contributed by atoms with van der Waals surface area (Å²) in [7, 11) is 1.11. The van der Waals surface area contributed by atoms with E-state index in [4.69, 9.17) is 10.5 Å². The van der Waals surface area contributed by atoms with Crippen molar-refractivity contribution < 1.29 is 33.4 Å². The predicted octanol–water partition coefficient (Wildman–Crippen LogP) is 2.26. The third-order valence-electron chi connectivity index (χ3n) is 2.94. The number of carbonyl (C=O) groups excluding carboxylic acids is 2. The fourth-order valence-corrected chi connectivity index (χ4v) is 2.75. The summed E-state index contributed by atoms with van der Waals surface area (Å²) in [5.41, 5.74) is 4.25. The first-order chi connectivity index (χ1) is 12.0. The molecule has 0 aliphatic heterocycles. The number of aliphatic carboxylic acids is 1. The van der Waals surface area contributed by atoms with E-state index in [0.29, 0.717) is 0 Å². The molecular formula is C16H21FN2O6S. The van der Waals surface area contributed by atoms with E-state index >= 15 is 0 Å². The van der Waals surface area contributed by atoms with Gasteiger partial charge in [-0.1, -0.05) is 0 Å². The summed E-state index contributed by atoms with van der Waals surface area (Å²) in [6, 6.07) is 1.29. The molecule has 0 radical (unpaired) electrons. The fourth-order valence-electron chi connectivity index (χ4n) is 1.77. The Bertz CT molecular complexity index is 705. The zero-order valence-electron chi connectivity index (χ0n) is 14.8. The molecule has 1 aromatic carbocycles. The molecule has 0 unspecified atom stereocenters. The van der Waals surface area contributed by atoms with Crippen LogP contribution in [0.3, 0.4) is 0 Å². The number of hydrogen-bond acceptors (Lipinski definition) is 7. The van der Waals surface area contributed by atoms with Gasteiger partial charge in [0.05, 0.1) is 18.4 Å². The average molecular weight is 388 g/mol. The van der Waals surface area contributed by atoms with Crippen LogP contribution in [0.4, 0.5) is 14.9 Å². The van der Waals surface area contributed by atoms with E-state index in [0.717, 1.165) is 18.9 Å². The van der Waals surface area contributed by atoms with Crippen LogP contribution in [-0.2, 0) is 14.3 Å². The standard InChI is InChI=1S/C16H21FN2O6S/c1-16(2,3)25-15(23)19-9(13(20)21)7-26-10-6-5-8(14(22)24-4)11(17)12(10)18/h5-6,9H,7,18H2,1-4H3,(H,19,23)(H,20,21)/t9-/m0/s1. The molecule has 0 aliphatic carbocycles. The van der Waals surface area contributed by atoms with Crippen LogP contribution in [-0.4, -0.2) is 47.6 Å². The van der Waals surface area contributed by atoms with Crippen molar-refractivity contribution in [3.05, 3.63) is 23.5 Å². The van der Waals surface area contributed by atoms with Gasteiger partial charge in [-0.2, -0.15) is 0 Å². The van der Waals surface area contributed by atoms with Crippen molar-refractivity contribution in [2.75, 3.05) is 18.6 Å². The summed E-state index contributed by atoms with van der Waals surface area (Å²) < 4.78 is 23.6. The van der Waals surface area contributed by atoms with Gasteiger partial charge in [0.1, 0.15) is 11.6 Å². The summed E-state index contributed by atoms with van der Waals surface area (Å²) in [6.07, 6.45) is -0.884. The summed E-state index contributed by atoms with van der Waals surface area (Å²) in [5.74, 6) is -3.24. The fraction of sp³-hybridized carbons (Fsp3) is 0.438. The predicted molar refractivity (Wildman–Crippen MR) is 93.7 cm³/mol. The van der Waals surface area contributed by atoms with Gasteiger partial charge in [-0.3, -0.25) is 0 Å². The normalized spacial score (nSPS) is 12.2. The Morgan fingerprint density at radius 3 is 2.46 bits per heavy atom. The number of nitrogens with two attached hydrogens (primary N) is 1. The lowest BCUT2D eigenvalue weighted by molar-refractivity contribution is -0.138. The third-order valence-corrected chi connectivity index (χ3v) is 4.11. The van der Waals surface area contributed by atoms with E-state index in [1.165, 1.54) is 12.1 Å². The lowest BCUT2D eigenvalue weighted by Crippen LogP contribution is -2.44. The minimum Gasteiger partial charge on any atom is -0.480 e. The molecule has 0 aliphatic rings. The highest BCUT2D eigenvalue weighted by atomic mass is 32.2. The Hall–Kier alpha value is -2.49. The Morgan fingerprint density at radius 2 is 1.96 bits per heavy atom. The molecule has 1 amide bonds. The third kappa shape index (κ3) is 6.10. The molecular weight excluding hydrogens is 367 g/mol. The molecule has 0 fully saturated rings. The van der Waals surface area contributed by atoms with Crippen LogP contribution in [0.15, 0.2) is 17.0 Å². The van der Waals surface area contributed by atoms with Crippen LogP contribution in [0.25, 0.3) is 0 Å². The number of thioether (sulfide) groups is 1. The molecule has 0 saturated heterocycles. The van der Waals surface area contributed by atoms with Crippen molar-refractivity contribution in [2.24, 2.45) is 0 Å². The van der Waals surface area contributed by atoms with Gasteiger partial charge >= 0.3 is 18.0 Å². The van der Waals surface area contributed by atoms with Gasteiger partial charge in [0.15, 0.2) is 5.82 Å². The number of carboxylic acids is 1. The van der Waals surface area contributed by atoms with Crippen molar-refractivity contribution in [2.45, 2.75) is 37.3 Å². The highest BCUT2D eigenvalue weighted by Gasteiger charge is 2.25. The number of amides is 1. The van der Waals surface area contributed by atoms with E-state index in [9.17, 15) is 23.9 Å². The summed E-state index contributed by atoms with van der Waals surface area (Å²) in [6.45, 7) is 4.93. The van der Waals surface area contributed by atoms with E-state index in [-0.39, 0.29) is 21.9 Å². The molecule has 0 saturated carbocycles. The van der Waals surface area contributed by atoms with Gasteiger partial charge in [0.25, 0.3) is 0 Å². The Morgan fingerprint density at radius 1 is 1.35 bits per heavy atom. The first-order valence-electron chi connectivity index (χ1n) is 7.47. The maximum atomic E-state index is 14.1. The van der Waals surface area contributed by atoms with E-state index in [1.54, 1.807) is 20.8 Å². The smallest absolute Gasteiger partial charge is 0.408 e. The molecule has 144 valence electrons. The number of hydrogen-bond donors (Lipinski definition) is 3. The van der Waals surface area contributed by atoms with E-state index < -0.39 is 35.5 Å². The van der Waals surface area contributed by atoms with Crippen LogP contribution >= 0.6 is 11.8 Å². The topological polar surface area (TPSA) is 128 Å². The number of benzene rings is 1.